The molecule has 0 unspecified atom stereocenters. The number of hydrogen-bond acceptors (Lipinski definition) is 4. The molecule has 0 fully saturated rings. The van der Waals surface area contributed by atoms with E-state index in [4.69, 9.17) is 0 Å². The first kappa shape index (κ1) is 12.6. The molecule has 3 aromatic rings. The Morgan fingerprint density at radius 3 is 1.91 bits per heavy atom. The highest BCUT2D eigenvalue weighted by Gasteiger charge is 2.33. The van der Waals surface area contributed by atoms with Crippen molar-refractivity contribution >= 4 is 22.3 Å². The highest BCUT2D eigenvalue weighted by Crippen LogP contribution is 2.38. The molecule has 0 saturated carbocycles. The van der Waals surface area contributed by atoms with Crippen LogP contribution in [0.3, 0.4) is 0 Å². The van der Waals surface area contributed by atoms with Crippen LogP contribution in [0, 0.1) is 0 Å². The third-order valence-electron chi connectivity index (χ3n) is 4.00. The van der Waals surface area contributed by atoms with E-state index in [0.717, 1.165) is 10.8 Å². The Hall–Kier alpha value is -3.14. The number of rotatable bonds is 0. The zero-order valence-corrected chi connectivity index (χ0v) is 11.3. The molecule has 2 N–H and O–H groups in total. The largest absolute Gasteiger partial charge is 0.504 e. The Kier molecular flexibility index (Phi) is 2.39. The molecule has 4 nitrogen and oxygen atoms in total. The van der Waals surface area contributed by atoms with Crippen LogP contribution in [-0.4, -0.2) is 21.8 Å². The molecule has 4 rings (SSSR count). The van der Waals surface area contributed by atoms with Crippen molar-refractivity contribution in [2.24, 2.45) is 0 Å². The lowest BCUT2D eigenvalue weighted by Gasteiger charge is -2.19. The molecule has 4 heteroatoms. The van der Waals surface area contributed by atoms with E-state index in [1.54, 1.807) is 12.1 Å². The SMILES string of the molecule is O=C1c2cc3ccccc3cc2C(=O)c2c1ccc(O)c2O. The van der Waals surface area contributed by atoms with Gasteiger partial charge >= 0.3 is 0 Å². The first-order valence-corrected chi connectivity index (χ1v) is 6.75. The van der Waals surface area contributed by atoms with Gasteiger partial charge in [-0.15, -0.1) is 0 Å². The zero-order chi connectivity index (χ0) is 15.4. The fourth-order valence-corrected chi connectivity index (χ4v) is 2.90. The third kappa shape index (κ3) is 1.52. The van der Waals surface area contributed by atoms with Gasteiger partial charge in [0, 0.05) is 16.7 Å². The summed E-state index contributed by atoms with van der Waals surface area (Å²) in [6.07, 6.45) is 0. The average Bonchev–Trinajstić information content (AvgIpc) is 2.54. The van der Waals surface area contributed by atoms with Crippen LogP contribution in [0.5, 0.6) is 11.5 Å². The fourth-order valence-electron chi connectivity index (χ4n) is 2.90. The van der Waals surface area contributed by atoms with Crippen molar-refractivity contribution in [3.05, 3.63) is 70.8 Å². The topological polar surface area (TPSA) is 74.6 Å². The summed E-state index contributed by atoms with van der Waals surface area (Å²) in [5.74, 6) is -1.74. The van der Waals surface area contributed by atoms with Crippen molar-refractivity contribution in [2.75, 3.05) is 0 Å². The van der Waals surface area contributed by atoms with E-state index in [0.29, 0.717) is 5.56 Å². The molecule has 0 amide bonds. The number of hydrogen-bond donors (Lipinski definition) is 2. The molecule has 0 aromatic heterocycles. The van der Waals surface area contributed by atoms with Crippen molar-refractivity contribution in [3.8, 4) is 11.5 Å². The van der Waals surface area contributed by atoms with Gasteiger partial charge in [0.25, 0.3) is 0 Å². The van der Waals surface area contributed by atoms with E-state index >= 15 is 0 Å². The summed E-state index contributed by atoms with van der Waals surface area (Å²) in [5, 5.41) is 21.2. The Balaban J connectivity index is 2.08. The van der Waals surface area contributed by atoms with Gasteiger partial charge < -0.3 is 10.2 Å². The lowest BCUT2D eigenvalue weighted by molar-refractivity contribution is 0.0976. The Labute approximate surface area is 125 Å². The normalized spacial score (nSPS) is 13.1. The molecule has 0 aliphatic heterocycles. The molecular weight excluding hydrogens is 280 g/mol. The van der Waals surface area contributed by atoms with Gasteiger partial charge in [0.05, 0.1) is 5.56 Å². The zero-order valence-electron chi connectivity index (χ0n) is 11.3. The van der Waals surface area contributed by atoms with Crippen LogP contribution in [0.15, 0.2) is 48.5 Å². The van der Waals surface area contributed by atoms with E-state index in [1.807, 2.05) is 24.3 Å². The van der Waals surface area contributed by atoms with Crippen LogP contribution in [0.25, 0.3) is 10.8 Å². The molecule has 22 heavy (non-hydrogen) atoms. The second-order valence-corrected chi connectivity index (χ2v) is 5.26. The van der Waals surface area contributed by atoms with Gasteiger partial charge in [-0.05, 0) is 35.0 Å². The van der Waals surface area contributed by atoms with Gasteiger partial charge in [0.1, 0.15) is 0 Å². The molecule has 0 bridgehead atoms. The van der Waals surface area contributed by atoms with Crippen LogP contribution in [0.4, 0.5) is 0 Å². The van der Waals surface area contributed by atoms with Gasteiger partial charge in [0.15, 0.2) is 23.1 Å². The standard InChI is InChI=1S/C18H10O4/c19-14-6-5-11-15(18(14)22)17(21)13-8-10-4-2-1-3-9(10)7-12(13)16(11)20/h1-8,19,22H. The number of benzene rings is 3. The van der Waals surface area contributed by atoms with Crippen molar-refractivity contribution in [1.82, 2.24) is 0 Å². The van der Waals surface area contributed by atoms with Crippen molar-refractivity contribution in [2.45, 2.75) is 0 Å². The molecule has 0 atom stereocenters. The van der Waals surface area contributed by atoms with E-state index < -0.39 is 17.3 Å². The molecule has 1 aliphatic carbocycles. The maximum Gasteiger partial charge on any atom is 0.198 e. The first-order chi connectivity index (χ1) is 10.6. The summed E-state index contributed by atoms with van der Waals surface area (Å²) in [7, 11) is 0. The maximum atomic E-state index is 12.6. The first-order valence-electron chi connectivity index (χ1n) is 6.75. The minimum atomic E-state index is -0.547. The van der Waals surface area contributed by atoms with Crippen LogP contribution in [0.2, 0.25) is 0 Å². The molecule has 0 heterocycles. The van der Waals surface area contributed by atoms with Crippen LogP contribution < -0.4 is 0 Å². The van der Waals surface area contributed by atoms with Crippen LogP contribution in [-0.2, 0) is 0 Å². The van der Waals surface area contributed by atoms with Crippen molar-refractivity contribution in [1.29, 1.82) is 0 Å². The number of aromatic hydroxyl groups is 2. The monoisotopic (exact) mass is 290 g/mol. The maximum absolute atomic E-state index is 12.6. The van der Waals surface area contributed by atoms with E-state index in [1.165, 1.54) is 12.1 Å². The lowest BCUT2D eigenvalue weighted by Crippen LogP contribution is -2.21. The van der Waals surface area contributed by atoms with Crippen molar-refractivity contribution in [3.63, 3.8) is 0 Å². The van der Waals surface area contributed by atoms with Crippen molar-refractivity contribution < 1.29 is 19.8 Å². The summed E-state index contributed by atoms with van der Waals surface area (Å²) < 4.78 is 0. The summed E-state index contributed by atoms with van der Waals surface area (Å²) >= 11 is 0. The highest BCUT2D eigenvalue weighted by molar-refractivity contribution is 6.30. The number of phenolic OH excluding ortho intramolecular Hbond substituents is 2. The predicted molar refractivity (Wildman–Crippen MR) is 80.6 cm³/mol. The summed E-state index contributed by atoms with van der Waals surface area (Å²) in [4.78, 5) is 25.3. The molecule has 3 aromatic carbocycles. The third-order valence-corrected chi connectivity index (χ3v) is 4.00. The Morgan fingerprint density at radius 1 is 0.682 bits per heavy atom. The minimum Gasteiger partial charge on any atom is -0.504 e. The Bertz CT molecular complexity index is 986. The average molecular weight is 290 g/mol. The number of fused-ring (bicyclic) bond motifs is 3. The van der Waals surface area contributed by atoms with Gasteiger partial charge in [-0.3, -0.25) is 9.59 Å². The lowest BCUT2D eigenvalue weighted by atomic mass is 9.82. The summed E-state index contributed by atoms with van der Waals surface area (Å²) in [6, 6.07) is 13.4. The molecule has 0 spiro atoms. The van der Waals surface area contributed by atoms with E-state index in [9.17, 15) is 19.8 Å². The van der Waals surface area contributed by atoms with Gasteiger partial charge in [-0.1, -0.05) is 24.3 Å². The van der Waals surface area contributed by atoms with Gasteiger partial charge in [-0.25, -0.2) is 0 Å². The summed E-state index contributed by atoms with van der Waals surface area (Å²) in [6.45, 7) is 0. The molecule has 1 aliphatic rings. The number of ketones is 2. The van der Waals surface area contributed by atoms with Crippen LogP contribution >= 0.6 is 0 Å². The number of phenols is 2. The minimum absolute atomic E-state index is 0.114. The Morgan fingerprint density at radius 2 is 1.27 bits per heavy atom. The van der Waals surface area contributed by atoms with Crippen LogP contribution in [0.1, 0.15) is 31.8 Å². The van der Waals surface area contributed by atoms with Gasteiger partial charge in [0.2, 0.25) is 0 Å². The smallest absolute Gasteiger partial charge is 0.198 e. The molecular formula is C18H10O4. The second-order valence-electron chi connectivity index (χ2n) is 5.26. The highest BCUT2D eigenvalue weighted by atomic mass is 16.3. The number of carbonyl (C=O) groups is 2. The molecule has 0 saturated heterocycles. The number of carbonyl (C=O) groups excluding carboxylic acids is 2. The molecule has 0 radical (unpaired) electrons. The van der Waals surface area contributed by atoms with E-state index in [2.05, 4.69) is 0 Å². The van der Waals surface area contributed by atoms with Gasteiger partial charge in [-0.2, -0.15) is 0 Å². The van der Waals surface area contributed by atoms with E-state index in [-0.39, 0.29) is 22.5 Å². The quantitative estimate of drug-likeness (QED) is 0.488. The second kappa shape index (κ2) is 4.18. The predicted octanol–water partition coefficient (Wildman–Crippen LogP) is 3.03. The molecule has 106 valence electrons. The summed E-state index contributed by atoms with van der Waals surface area (Å²) in [5.41, 5.74) is 0.550. The fraction of sp³-hybridized carbons (Fsp3) is 0.